The summed E-state index contributed by atoms with van der Waals surface area (Å²) in [7, 11) is -4.81. The second-order valence-electron chi connectivity index (χ2n) is 9.39. The molecule has 11 N–H and O–H groups in total. The van der Waals surface area contributed by atoms with E-state index < -0.39 is 121 Å². The van der Waals surface area contributed by atoms with E-state index in [-0.39, 0.29) is 0 Å². The maximum Gasteiger partial charge on any atom is 0.267 e. The number of carbonyl (C=O) groups excluding carboxylic acids is 1. The fraction of sp³-hybridized carbons (Fsp3) is 0.950. The lowest BCUT2D eigenvalue weighted by Crippen LogP contribution is -2.65. The lowest BCUT2D eigenvalue weighted by Gasteiger charge is -2.47. The highest BCUT2D eigenvalue weighted by molar-refractivity contribution is 7.85. The summed E-state index contributed by atoms with van der Waals surface area (Å²) in [6.07, 6.45) is -24.0. The molecule has 2 heterocycles. The normalized spacial score (nSPS) is 39.0. The molecule has 0 aliphatic carbocycles. The molecular weight excluding hydrogens is 558 g/mol. The molecule has 1 amide bonds. The summed E-state index contributed by atoms with van der Waals surface area (Å²) in [5.74, 6) is -1.96. The first kappa shape index (κ1) is 34.1. The Hall–Kier alpha value is -1.14. The van der Waals surface area contributed by atoms with E-state index in [1.54, 1.807) is 0 Å². The van der Waals surface area contributed by atoms with E-state index in [4.69, 9.17) is 18.9 Å². The molecule has 230 valence electrons. The predicted molar refractivity (Wildman–Crippen MR) is 123 cm³/mol. The second-order valence-corrected chi connectivity index (χ2v) is 10.9. The van der Waals surface area contributed by atoms with E-state index in [1.807, 2.05) is 0 Å². The van der Waals surface area contributed by atoms with Gasteiger partial charge in [-0.2, -0.15) is 8.42 Å². The zero-order valence-electron chi connectivity index (χ0n) is 20.9. The minimum absolute atomic E-state index is 0.703. The number of aliphatic hydroxyl groups excluding tert-OH is 9. The second kappa shape index (κ2) is 14.2. The number of ether oxygens (including phenoxy) is 4. The van der Waals surface area contributed by atoms with Gasteiger partial charge in [0.1, 0.15) is 66.8 Å². The molecule has 19 heteroatoms. The Morgan fingerprint density at radius 2 is 1.54 bits per heavy atom. The molecule has 14 atom stereocenters. The molecule has 0 radical (unpaired) electrons. The van der Waals surface area contributed by atoms with Crippen molar-refractivity contribution in [2.24, 2.45) is 0 Å². The lowest BCUT2D eigenvalue weighted by atomic mass is 9.97. The standard InChI is InChI=1S/C20H37NO17S/c1-6-11(26)14(29)16(31)19(35-6)38-18-15(30)13(28)10(5-39(32,33)34)36-20(18)37-17(9(25)4-23)12(27)8(3-22)21-7(2)24/h6,8-20,22-23,25-31H,3-5H2,1-2H3,(H,21,24)(H,32,33,34)/t6-,8-,9+,10+,11+,12+,13-,14+,15-,16-,17+,18+,19-,20-/m0/s1. The van der Waals surface area contributed by atoms with Crippen LogP contribution < -0.4 is 5.32 Å². The maximum atomic E-state index is 11.5. The molecule has 0 unspecified atom stereocenters. The van der Waals surface area contributed by atoms with Gasteiger partial charge in [0.25, 0.3) is 10.1 Å². The summed E-state index contributed by atoms with van der Waals surface area (Å²) in [5.41, 5.74) is 0. The SMILES string of the molecule is CC(=O)N[C@@H](CO)[C@@H](O)[C@H](O[C@@H]1O[C@H](CS(=O)(=O)O)[C@H](O)[C@H](O)[C@H]1O[C@@H]1O[C@@H](C)[C@@H](O)[C@@H](O)[C@@H]1O)[C@H](O)CO. The van der Waals surface area contributed by atoms with Gasteiger partial charge in [-0.1, -0.05) is 0 Å². The summed E-state index contributed by atoms with van der Waals surface area (Å²) in [4.78, 5) is 11.5. The van der Waals surface area contributed by atoms with Crippen LogP contribution >= 0.6 is 0 Å². The number of aliphatic hydroxyl groups is 9. The van der Waals surface area contributed by atoms with E-state index in [1.165, 1.54) is 6.92 Å². The quantitative estimate of drug-likeness (QED) is 0.0934. The summed E-state index contributed by atoms with van der Waals surface area (Å²) >= 11 is 0. The van der Waals surface area contributed by atoms with Gasteiger partial charge in [-0.25, -0.2) is 0 Å². The van der Waals surface area contributed by atoms with Crippen LogP contribution in [-0.4, -0.2) is 170 Å². The molecule has 2 rings (SSSR count). The van der Waals surface area contributed by atoms with Crippen molar-refractivity contribution in [3.05, 3.63) is 0 Å². The number of hydrogen-bond acceptors (Lipinski definition) is 16. The molecule has 0 aromatic heterocycles. The molecule has 2 aliphatic heterocycles. The van der Waals surface area contributed by atoms with Crippen molar-refractivity contribution in [2.45, 2.75) is 99.6 Å². The molecule has 2 saturated heterocycles. The van der Waals surface area contributed by atoms with Crippen LogP contribution in [0, 0.1) is 0 Å². The summed E-state index contributed by atoms with van der Waals surface area (Å²) in [6, 6.07) is -1.47. The Labute approximate surface area is 223 Å². The Morgan fingerprint density at radius 1 is 0.923 bits per heavy atom. The van der Waals surface area contributed by atoms with Crippen LogP contribution in [0.25, 0.3) is 0 Å². The Kier molecular flexibility index (Phi) is 12.4. The molecule has 18 nitrogen and oxygen atoms in total. The van der Waals surface area contributed by atoms with Crippen molar-refractivity contribution < 1.29 is 82.7 Å². The fourth-order valence-corrected chi connectivity index (χ4v) is 4.86. The first-order valence-electron chi connectivity index (χ1n) is 11.8. The van der Waals surface area contributed by atoms with Crippen LogP contribution in [0.2, 0.25) is 0 Å². The monoisotopic (exact) mass is 595 g/mol. The third-order valence-corrected chi connectivity index (χ3v) is 7.06. The zero-order valence-corrected chi connectivity index (χ0v) is 21.8. The van der Waals surface area contributed by atoms with E-state index in [0.717, 1.165) is 6.92 Å². The van der Waals surface area contributed by atoms with Gasteiger partial charge < -0.3 is 70.2 Å². The van der Waals surface area contributed by atoms with Crippen LogP contribution in [0.3, 0.4) is 0 Å². The maximum absolute atomic E-state index is 11.5. The van der Waals surface area contributed by atoms with Crippen LogP contribution in [-0.2, 0) is 33.9 Å². The summed E-state index contributed by atoms with van der Waals surface area (Å²) in [5, 5.41) is 93.8. The summed E-state index contributed by atoms with van der Waals surface area (Å²) in [6.45, 7) is 0.443. The molecule has 2 fully saturated rings. The first-order chi connectivity index (χ1) is 18.0. The van der Waals surface area contributed by atoms with Gasteiger partial charge in [0.15, 0.2) is 12.6 Å². The van der Waals surface area contributed by atoms with Crippen molar-refractivity contribution in [3.63, 3.8) is 0 Å². The van der Waals surface area contributed by atoms with E-state index in [0.29, 0.717) is 0 Å². The highest BCUT2D eigenvalue weighted by Gasteiger charge is 2.52. The van der Waals surface area contributed by atoms with Crippen molar-refractivity contribution >= 4 is 16.0 Å². The largest absolute Gasteiger partial charge is 0.394 e. The van der Waals surface area contributed by atoms with Gasteiger partial charge in [0.2, 0.25) is 5.91 Å². The van der Waals surface area contributed by atoms with Crippen LogP contribution in [0.5, 0.6) is 0 Å². The molecule has 39 heavy (non-hydrogen) atoms. The number of carbonyl (C=O) groups is 1. The van der Waals surface area contributed by atoms with Crippen LogP contribution in [0.1, 0.15) is 13.8 Å². The Bertz CT molecular complexity index is 893. The van der Waals surface area contributed by atoms with Crippen LogP contribution in [0.15, 0.2) is 0 Å². The number of amides is 1. The van der Waals surface area contributed by atoms with Gasteiger partial charge in [-0.3, -0.25) is 9.35 Å². The van der Waals surface area contributed by atoms with Gasteiger partial charge in [-0.05, 0) is 6.92 Å². The van der Waals surface area contributed by atoms with Crippen molar-refractivity contribution in [2.75, 3.05) is 19.0 Å². The van der Waals surface area contributed by atoms with Gasteiger partial charge >= 0.3 is 0 Å². The lowest BCUT2D eigenvalue weighted by molar-refractivity contribution is -0.371. The molecule has 0 aromatic rings. The molecule has 0 saturated carbocycles. The average Bonchev–Trinajstić information content (AvgIpc) is 2.85. The third kappa shape index (κ3) is 8.67. The predicted octanol–water partition coefficient (Wildman–Crippen LogP) is -6.87. The van der Waals surface area contributed by atoms with Crippen LogP contribution in [0.4, 0.5) is 0 Å². The molecular formula is C20H37NO17S. The van der Waals surface area contributed by atoms with E-state index in [2.05, 4.69) is 5.32 Å². The van der Waals surface area contributed by atoms with E-state index >= 15 is 0 Å². The van der Waals surface area contributed by atoms with E-state index in [9.17, 15) is 63.7 Å². The fourth-order valence-electron chi connectivity index (χ4n) is 4.17. The number of nitrogens with one attached hydrogen (secondary N) is 1. The van der Waals surface area contributed by atoms with Crippen molar-refractivity contribution in [1.29, 1.82) is 0 Å². The van der Waals surface area contributed by atoms with Gasteiger partial charge in [-0.15, -0.1) is 0 Å². The smallest absolute Gasteiger partial charge is 0.267 e. The summed E-state index contributed by atoms with van der Waals surface area (Å²) < 4.78 is 53.8. The molecule has 0 aromatic carbocycles. The van der Waals surface area contributed by atoms with Gasteiger partial charge in [0.05, 0.1) is 25.4 Å². The third-order valence-electron chi connectivity index (χ3n) is 6.31. The molecule has 0 spiro atoms. The zero-order chi connectivity index (χ0) is 29.8. The average molecular weight is 596 g/mol. The molecule has 2 aliphatic rings. The Morgan fingerprint density at radius 3 is 2.05 bits per heavy atom. The minimum atomic E-state index is -4.81. The van der Waals surface area contributed by atoms with Gasteiger partial charge in [0, 0.05) is 6.92 Å². The van der Waals surface area contributed by atoms with Crippen molar-refractivity contribution in [1.82, 2.24) is 5.32 Å². The number of rotatable bonds is 12. The highest BCUT2D eigenvalue weighted by atomic mass is 32.2. The molecule has 0 bridgehead atoms. The highest BCUT2D eigenvalue weighted by Crippen LogP contribution is 2.31. The van der Waals surface area contributed by atoms with Crippen molar-refractivity contribution in [3.8, 4) is 0 Å². The minimum Gasteiger partial charge on any atom is -0.394 e. The topological polar surface area (TPSA) is 302 Å². The number of hydrogen-bond donors (Lipinski definition) is 11. The first-order valence-corrected chi connectivity index (χ1v) is 13.5. The Balaban J connectivity index is 2.43.